The van der Waals surface area contributed by atoms with Crippen LogP contribution in [0.1, 0.15) is 106 Å². The van der Waals surface area contributed by atoms with Gasteiger partial charge < -0.3 is 39.6 Å². The van der Waals surface area contributed by atoms with Crippen LogP contribution in [0.4, 0.5) is 0 Å². The van der Waals surface area contributed by atoms with Gasteiger partial charge in [-0.1, -0.05) is 53.2 Å². The molecule has 280 valence electrons. The average molecular weight is 737 g/mol. The van der Waals surface area contributed by atoms with E-state index in [-0.39, 0.29) is 58.1 Å². The van der Waals surface area contributed by atoms with E-state index in [1.54, 1.807) is 0 Å². The van der Waals surface area contributed by atoms with Crippen molar-refractivity contribution in [2.45, 2.75) is 149 Å². The largest absolute Gasteiger partial charge is 1.00 e. The number of rotatable bonds is 5. The third-order valence-corrected chi connectivity index (χ3v) is 16.2. The Hall–Kier alpha value is -0.160. The zero-order chi connectivity index (χ0) is 36.3. The first kappa shape index (κ1) is 41.0. The van der Waals surface area contributed by atoms with Crippen molar-refractivity contribution in [3.63, 3.8) is 0 Å². The zero-order valence-electron chi connectivity index (χ0n) is 30.9. The van der Waals surface area contributed by atoms with Crippen LogP contribution in [-0.2, 0) is 28.9 Å². The normalized spacial score (nSPS) is 51.4. The second kappa shape index (κ2) is 13.3. The molecule has 6 rings (SSSR count). The first-order valence-corrected chi connectivity index (χ1v) is 19.4. The number of allylic oxidation sites excluding steroid dienone is 1. The van der Waals surface area contributed by atoms with Gasteiger partial charge in [-0.05, 0) is 104 Å². The summed E-state index contributed by atoms with van der Waals surface area (Å²) >= 11 is 0. The fourth-order valence-electron chi connectivity index (χ4n) is 12.5. The van der Waals surface area contributed by atoms with Crippen LogP contribution in [0.15, 0.2) is 11.6 Å². The maximum absolute atomic E-state index is 14.5. The Labute approximate surface area is 319 Å². The predicted molar refractivity (Wildman–Crippen MR) is 175 cm³/mol. The maximum Gasteiger partial charge on any atom is 1.00 e. The molecule has 1 heterocycles. The Morgan fingerprint density at radius 2 is 1.60 bits per heavy atom. The number of carbonyl (C=O) groups excluding carboxylic acids is 1. The second-order valence-corrected chi connectivity index (χ2v) is 19.0. The SMILES string of the molecule is C[C@@H]1CC[C@]2(C(=O)O[C@@H]3O[C@H](CO)[C@@H](O)[C@H](O)[C@H]3O)CC[C@]3(C)C(=CCC4[C@@]5(C)CC[C@H](OS(=O)(=O)[O-])C(C)(C)C5CC[C@]43C)C2[C@]1(C)O.[Na+]. The van der Waals surface area contributed by atoms with E-state index in [1.807, 2.05) is 27.7 Å². The predicted octanol–water partition coefficient (Wildman–Crippen LogP) is -0.0486. The molecule has 0 spiro atoms. The van der Waals surface area contributed by atoms with E-state index < -0.39 is 87.5 Å². The molecule has 0 aromatic carbocycles. The third-order valence-electron chi connectivity index (χ3n) is 15.7. The van der Waals surface area contributed by atoms with Crippen LogP contribution < -0.4 is 29.6 Å². The quantitative estimate of drug-likeness (QED) is 0.0830. The number of esters is 1. The van der Waals surface area contributed by atoms with E-state index in [1.165, 1.54) is 0 Å². The van der Waals surface area contributed by atoms with E-state index in [0.717, 1.165) is 18.4 Å². The van der Waals surface area contributed by atoms with Crippen LogP contribution in [0, 0.1) is 50.7 Å². The molecule has 50 heavy (non-hydrogen) atoms. The molecule has 0 radical (unpaired) electrons. The van der Waals surface area contributed by atoms with Gasteiger partial charge in [-0.3, -0.25) is 8.98 Å². The molecular weight excluding hydrogens is 679 g/mol. The van der Waals surface area contributed by atoms with E-state index in [9.17, 15) is 43.3 Å². The molecule has 14 heteroatoms. The van der Waals surface area contributed by atoms with E-state index in [0.29, 0.717) is 44.9 Å². The van der Waals surface area contributed by atoms with Crippen molar-refractivity contribution >= 4 is 16.4 Å². The van der Waals surface area contributed by atoms with Crippen molar-refractivity contribution < 1.29 is 86.5 Å². The minimum absolute atomic E-state index is 0. The third kappa shape index (κ3) is 5.86. The van der Waals surface area contributed by atoms with Crippen molar-refractivity contribution in [2.24, 2.45) is 50.7 Å². The number of carbonyl (C=O) groups is 1. The molecule has 5 fully saturated rings. The Kier molecular flexibility index (Phi) is 10.9. The Bertz CT molecular complexity index is 1470. The van der Waals surface area contributed by atoms with Crippen LogP contribution in [0.5, 0.6) is 0 Å². The molecule has 1 saturated heterocycles. The first-order valence-electron chi connectivity index (χ1n) is 18.1. The van der Waals surface area contributed by atoms with Crippen molar-refractivity contribution in [1.29, 1.82) is 0 Å². The summed E-state index contributed by atoms with van der Waals surface area (Å²) in [5.74, 6) is -1.01. The molecule has 0 amide bonds. The summed E-state index contributed by atoms with van der Waals surface area (Å²) in [5.41, 5.74) is -2.69. The summed E-state index contributed by atoms with van der Waals surface area (Å²) in [6, 6.07) is 0. The number of ether oxygens (including phenoxy) is 2. The van der Waals surface area contributed by atoms with Gasteiger partial charge in [0.2, 0.25) is 16.7 Å². The number of hydrogen-bond donors (Lipinski definition) is 5. The molecule has 3 unspecified atom stereocenters. The van der Waals surface area contributed by atoms with E-state index in [2.05, 4.69) is 26.8 Å². The molecule has 6 aliphatic rings. The standard InChI is InChI=1S/C36H58O12S.Na/c1-19-10-15-36(30(41)47-29-27(40)26(39)25(38)21(18-37)46-29)17-16-33(5)20(28(36)35(19,7)42)8-9-23-32(4)13-12-24(48-49(43,44)45)31(2,3)22(32)11-14-34(23,33)6;/h8,19,21-29,37-40,42H,9-18H2,1-7H3,(H,43,44,45);/q;+1/p-1/t19-,21-,22?,23?,24+,25-,26+,27-,28?,29+,32+,33-,34-,35-,36+;/m1./s1. The van der Waals surface area contributed by atoms with Crippen molar-refractivity contribution in [2.75, 3.05) is 6.61 Å². The second-order valence-electron chi connectivity index (χ2n) is 18.0. The molecule has 5 N–H and O–H groups in total. The summed E-state index contributed by atoms with van der Waals surface area (Å²) in [6.07, 6.45) is -0.587. The Morgan fingerprint density at radius 3 is 2.22 bits per heavy atom. The molecule has 0 aromatic rings. The number of aliphatic hydroxyl groups is 5. The molecule has 4 saturated carbocycles. The van der Waals surface area contributed by atoms with Gasteiger partial charge in [-0.25, -0.2) is 8.42 Å². The first-order chi connectivity index (χ1) is 22.5. The van der Waals surface area contributed by atoms with Gasteiger partial charge in [0, 0.05) is 5.92 Å². The van der Waals surface area contributed by atoms with Crippen LogP contribution in [-0.4, -0.2) is 93.5 Å². The van der Waals surface area contributed by atoms with Crippen molar-refractivity contribution in [3.8, 4) is 0 Å². The van der Waals surface area contributed by atoms with Crippen LogP contribution >= 0.6 is 0 Å². The molecule has 0 aromatic heterocycles. The van der Waals surface area contributed by atoms with E-state index in [4.69, 9.17) is 13.7 Å². The van der Waals surface area contributed by atoms with Crippen molar-refractivity contribution in [3.05, 3.63) is 11.6 Å². The molecule has 15 atom stereocenters. The summed E-state index contributed by atoms with van der Waals surface area (Å²) < 4.78 is 51.6. The van der Waals surface area contributed by atoms with Gasteiger partial charge >= 0.3 is 35.5 Å². The number of aliphatic hydroxyl groups excluding tert-OH is 4. The summed E-state index contributed by atoms with van der Waals surface area (Å²) in [4.78, 5) is 14.5. The summed E-state index contributed by atoms with van der Waals surface area (Å²) in [6.45, 7) is 14.2. The van der Waals surface area contributed by atoms with Gasteiger partial charge in [0.05, 0.1) is 23.7 Å². The Morgan fingerprint density at radius 1 is 0.940 bits per heavy atom. The molecule has 1 aliphatic heterocycles. The number of hydrogen-bond acceptors (Lipinski definition) is 12. The fourth-order valence-corrected chi connectivity index (χ4v) is 13.1. The van der Waals surface area contributed by atoms with Crippen LogP contribution in [0.25, 0.3) is 0 Å². The van der Waals surface area contributed by atoms with Crippen molar-refractivity contribution in [1.82, 2.24) is 0 Å². The Balaban J connectivity index is 0.00000486. The van der Waals surface area contributed by atoms with Gasteiger partial charge in [0.15, 0.2) is 0 Å². The fraction of sp³-hybridized carbons (Fsp3) is 0.917. The smallest absolute Gasteiger partial charge is 0.726 e. The molecule has 0 bridgehead atoms. The van der Waals surface area contributed by atoms with Gasteiger partial charge in [0.25, 0.3) is 0 Å². The minimum atomic E-state index is -4.85. The van der Waals surface area contributed by atoms with E-state index >= 15 is 0 Å². The molecular formula is C36H57NaO12S. The minimum Gasteiger partial charge on any atom is -0.726 e. The van der Waals surface area contributed by atoms with Gasteiger partial charge in [-0.2, -0.15) is 0 Å². The summed E-state index contributed by atoms with van der Waals surface area (Å²) in [7, 11) is -4.85. The zero-order valence-corrected chi connectivity index (χ0v) is 33.7. The van der Waals surface area contributed by atoms with Crippen LogP contribution in [0.3, 0.4) is 0 Å². The maximum atomic E-state index is 14.5. The topological polar surface area (TPSA) is 203 Å². The van der Waals surface area contributed by atoms with Gasteiger partial charge in [0.1, 0.15) is 24.4 Å². The molecule has 5 aliphatic carbocycles. The van der Waals surface area contributed by atoms with Crippen LogP contribution in [0.2, 0.25) is 0 Å². The molecule has 12 nitrogen and oxygen atoms in total. The summed E-state index contributed by atoms with van der Waals surface area (Å²) in [5, 5.41) is 53.5. The monoisotopic (exact) mass is 736 g/mol. The number of fused-ring (bicyclic) bond motifs is 7. The average Bonchev–Trinajstić information content (AvgIpc) is 3.00. The van der Waals surface area contributed by atoms with Gasteiger partial charge in [-0.15, -0.1) is 0 Å².